The molecule has 1 heterocycles. The van der Waals surface area contributed by atoms with Gasteiger partial charge in [0.05, 0.1) is 6.54 Å². The van der Waals surface area contributed by atoms with Gasteiger partial charge in [-0.25, -0.2) is 0 Å². The molecular weight excluding hydrogens is 374 g/mol. The number of carbonyl (C=O) groups is 2. The molecule has 0 atom stereocenters. The van der Waals surface area contributed by atoms with E-state index in [-0.39, 0.29) is 30.3 Å². The van der Waals surface area contributed by atoms with Gasteiger partial charge < -0.3 is 14.4 Å². The number of nitrogens with zero attached hydrogens (tertiary/aromatic N) is 3. The Bertz CT molecular complexity index is 895. The van der Waals surface area contributed by atoms with Crippen LogP contribution in [0.1, 0.15) is 43.5 Å². The molecule has 2 amide bonds. The van der Waals surface area contributed by atoms with Crippen molar-refractivity contribution in [3.8, 4) is 0 Å². The summed E-state index contributed by atoms with van der Waals surface area (Å²) in [6, 6.07) is 12.6. The molecule has 1 aromatic heterocycles. The number of benzene rings is 1. The molecule has 30 heavy (non-hydrogen) atoms. The molecule has 0 spiro atoms. The molecule has 1 fully saturated rings. The number of hydrogen-bond donors (Lipinski definition) is 0. The van der Waals surface area contributed by atoms with Gasteiger partial charge in [0, 0.05) is 36.9 Å². The first-order chi connectivity index (χ1) is 14.4. The van der Waals surface area contributed by atoms with Crippen LogP contribution in [0.3, 0.4) is 0 Å². The third-order valence-corrected chi connectivity index (χ3v) is 5.65. The van der Waals surface area contributed by atoms with E-state index in [1.54, 1.807) is 15.9 Å². The lowest BCUT2D eigenvalue weighted by Gasteiger charge is -2.28. The molecule has 0 bridgehead atoms. The summed E-state index contributed by atoms with van der Waals surface area (Å²) in [6.45, 7) is 11.6. The molecule has 1 saturated carbocycles. The van der Waals surface area contributed by atoms with Gasteiger partial charge in [0.25, 0.3) is 0 Å². The first kappa shape index (κ1) is 21.9. The minimum absolute atomic E-state index is 0.0283. The monoisotopic (exact) mass is 407 g/mol. The number of hydrogen-bond acceptors (Lipinski definition) is 2. The Balaban J connectivity index is 1.72. The third kappa shape index (κ3) is 5.41. The lowest BCUT2D eigenvalue weighted by molar-refractivity contribution is -0.143. The topological polar surface area (TPSA) is 45.6 Å². The molecule has 3 rings (SSSR count). The highest BCUT2D eigenvalue weighted by Gasteiger charge is 2.35. The summed E-state index contributed by atoms with van der Waals surface area (Å²) in [5, 5.41) is 0. The van der Waals surface area contributed by atoms with Crippen molar-refractivity contribution in [2.24, 2.45) is 5.92 Å². The van der Waals surface area contributed by atoms with Crippen LogP contribution in [0.5, 0.6) is 0 Å². The third-order valence-electron chi connectivity index (χ3n) is 5.65. The molecule has 1 aliphatic carbocycles. The molecule has 160 valence electrons. The number of aryl methyl sites for hydroxylation is 1. The summed E-state index contributed by atoms with van der Waals surface area (Å²) in [5.74, 6) is -0.0654. The lowest BCUT2D eigenvalue weighted by Crippen LogP contribution is -2.45. The lowest BCUT2D eigenvalue weighted by atomic mass is 10.1. The van der Waals surface area contributed by atoms with Gasteiger partial charge in [-0.05, 0) is 43.0 Å². The zero-order valence-electron chi connectivity index (χ0n) is 18.4. The number of amides is 2. The van der Waals surface area contributed by atoms with Gasteiger partial charge in [-0.3, -0.25) is 9.59 Å². The summed E-state index contributed by atoms with van der Waals surface area (Å²) in [7, 11) is 0. The summed E-state index contributed by atoms with van der Waals surface area (Å²) >= 11 is 0. The van der Waals surface area contributed by atoms with Gasteiger partial charge in [-0.2, -0.15) is 0 Å². The standard InChI is InChI=1S/C25H33N3O2/c1-5-14-27(24(29)18-28(22-12-13-22)25(30)19(2)3)17-23-11-8-15-26(23)16-21-10-7-6-9-20(21)4/h5-11,15,19,22H,1,12-14,16-18H2,2-4H3. The zero-order valence-corrected chi connectivity index (χ0v) is 18.4. The molecule has 1 aliphatic rings. The summed E-state index contributed by atoms with van der Waals surface area (Å²) in [6.07, 6.45) is 5.79. The average Bonchev–Trinajstić information content (AvgIpc) is 3.47. The Morgan fingerprint density at radius 2 is 1.93 bits per heavy atom. The van der Waals surface area contributed by atoms with Crippen molar-refractivity contribution in [1.29, 1.82) is 0 Å². The molecule has 5 nitrogen and oxygen atoms in total. The smallest absolute Gasteiger partial charge is 0.242 e. The zero-order chi connectivity index (χ0) is 21.7. The maximum absolute atomic E-state index is 13.1. The van der Waals surface area contributed by atoms with E-state index in [1.807, 2.05) is 26.0 Å². The fraction of sp³-hybridized carbons (Fsp3) is 0.440. The van der Waals surface area contributed by atoms with E-state index in [2.05, 4.69) is 48.5 Å². The summed E-state index contributed by atoms with van der Waals surface area (Å²) < 4.78 is 2.18. The van der Waals surface area contributed by atoms with E-state index in [0.29, 0.717) is 13.1 Å². The van der Waals surface area contributed by atoms with E-state index < -0.39 is 0 Å². The molecule has 0 saturated heterocycles. The largest absolute Gasteiger partial charge is 0.345 e. The van der Waals surface area contributed by atoms with Crippen LogP contribution in [0.4, 0.5) is 0 Å². The Kier molecular flexibility index (Phi) is 7.14. The molecule has 0 radical (unpaired) electrons. The molecule has 1 aromatic carbocycles. The molecule has 0 unspecified atom stereocenters. The van der Waals surface area contributed by atoms with E-state index in [0.717, 1.165) is 25.1 Å². The Morgan fingerprint density at radius 1 is 1.20 bits per heavy atom. The van der Waals surface area contributed by atoms with Gasteiger partial charge in [0.15, 0.2) is 0 Å². The van der Waals surface area contributed by atoms with Crippen LogP contribution in [0.15, 0.2) is 55.3 Å². The van der Waals surface area contributed by atoms with Gasteiger partial charge in [-0.1, -0.05) is 44.2 Å². The van der Waals surface area contributed by atoms with Crippen molar-refractivity contribution < 1.29 is 9.59 Å². The van der Waals surface area contributed by atoms with Gasteiger partial charge in [0.1, 0.15) is 6.54 Å². The van der Waals surface area contributed by atoms with E-state index in [4.69, 9.17) is 0 Å². The number of aromatic nitrogens is 1. The van der Waals surface area contributed by atoms with Crippen molar-refractivity contribution in [2.45, 2.75) is 52.7 Å². The molecule has 5 heteroatoms. The fourth-order valence-electron chi connectivity index (χ4n) is 3.67. The van der Waals surface area contributed by atoms with Crippen LogP contribution in [-0.4, -0.2) is 45.3 Å². The second kappa shape index (κ2) is 9.79. The maximum atomic E-state index is 13.1. The van der Waals surface area contributed by atoms with Crippen LogP contribution in [0.25, 0.3) is 0 Å². The number of rotatable bonds is 10. The van der Waals surface area contributed by atoms with Crippen LogP contribution >= 0.6 is 0 Å². The predicted octanol–water partition coefficient (Wildman–Crippen LogP) is 4.01. The van der Waals surface area contributed by atoms with Crippen molar-refractivity contribution in [3.05, 3.63) is 72.1 Å². The van der Waals surface area contributed by atoms with Gasteiger partial charge in [-0.15, -0.1) is 6.58 Å². The van der Waals surface area contributed by atoms with E-state index in [9.17, 15) is 9.59 Å². The molecule has 0 aliphatic heterocycles. The van der Waals surface area contributed by atoms with Crippen molar-refractivity contribution in [2.75, 3.05) is 13.1 Å². The van der Waals surface area contributed by atoms with E-state index >= 15 is 0 Å². The second-order valence-electron chi connectivity index (χ2n) is 8.47. The first-order valence-electron chi connectivity index (χ1n) is 10.8. The second-order valence-corrected chi connectivity index (χ2v) is 8.47. The summed E-state index contributed by atoms with van der Waals surface area (Å²) in [5.41, 5.74) is 3.59. The van der Waals surface area contributed by atoms with Gasteiger partial charge >= 0.3 is 0 Å². The van der Waals surface area contributed by atoms with Crippen LogP contribution in [-0.2, 0) is 22.7 Å². The molecular formula is C25H33N3O2. The normalized spacial score (nSPS) is 13.3. The number of carbonyl (C=O) groups excluding carboxylic acids is 2. The molecule has 0 N–H and O–H groups in total. The minimum atomic E-state index is -0.0994. The highest BCUT2D eigenvalue weighted by atomic mass is 16.2. The van der Waals surface area contributed by atoms with Crippen molar-refractivity contribution in [3.63, 3.8) is 0 Å². The minimum Gasteiger partial charge on any atom is -0.345 e. The summed E-state index contributed by atoms with van der Waals surface area (Å²) in [4.78, 5) is 29.3. The van der Waals surface area contributed by atoms with Crippen molar-refractivity contribution in [1.82, 2.24) is 14.4 Å². The SMILES string of the molecule is C=CCN(Cc1cccn1Cc1ccccc1C)C(=O)CN(C(=O)C(C)C)C1CC1. The van der Waals surface area contributed by atoms with E-state index in [1.165, 1.54) is 11.1 Å². The van der Waals surface area contributed by atoms with Crippen LogP contribution in [0, 0.1) is 12.8 Å². The quantitative estimate of drug-likeness (QED) is 0.559. The maximum Gasteiger partial charge on any atom is 0.242 e. The van der Waals surface area contributed by atoms with Crippen molar-refractivity contribution >= 4 is 11.8 Å². The highest BCUT2D eigenvalue weighted by Crippen LogP contribution is 2.28. The predicted molar refractivity (Wildman–Crippen MR) is 120 cm³/mol. The fourth-order valence-corrected chi connectivity index (χ4v) is 3.67. The Morgan fingerprint density at radius 3 is 2.57 bits per heavy atom. The van der Waals surface area contributed by atoms with Gasteiger partial charge in [0.2, 0.25) is 11.8 Å². The average molecular weight is 408 g/mol. The Labute approximate surface area is 180 Å². The van der Waals surface area contributed by atoms with Crippen LogP contribution < -0.4 is 0 Å². The highest BCUT2D eigenvalue weighted by molar-refractivity contribution is 5.86. The first-order valence-corrected chi connectivity index (χ1v) is 10.8. The Hall–Kier alpha value is -2.82. The van der Waals surface area contributed by atoms with Crippen LogP contribution in [0.2, 0.25) is 0 Å². The molecule has 2 aromatic rings.